The lowest BCUT2D eigenvalue weighted by molar-refractivity contribution is -0.155. The van der Waals surface area contributed by atoms with Gasteiger partial charge in [0.05, 0.1) is 32.7 Å². The van der Waals surface area contributed by atoms with E-state index in [1.165, 1.54) is 22.5 Å². The molecule has 38 heavy (non-hydrogen) atoms. The van der Waals surface area contributed by atoms with Crippen LogP contribution in [0.4, 0.5) is 13.6 Å². The molecule has 0 bridgehead atoms. The molecule has 4 rings (SSSR count). The number of nitrogens with one attached hydrogen (secondary N) is 1. The first kappa shape index (κ1) is 27.1. The topological polar surface area (TPSA) is 121 Å². The fraction of sp³-hybridized carbons (Fsp3) is 0.400. The predicted molar refractivity (Wildman–Crippen MR) is 127 cm³/mol. The zero-order valence-electron chi connectivity index (χ0n) is 20.6. The molecule has 2 aromatic carbocycles. The Bertz CT molecular complexity index is 1120. The third-order valence-corrected chi connectivity index (χ3v) is 6.48. The van der Waals surface area contributed by atoms with Crippen molar-refractivity contribution in [2.45, 2.75) is 18.6 Å². The van der Waals surface area contributed by atoms with Gasteiger partial charge in [0.1, 0.15) is 17.9 Å². The van der Waals surface area contributed by atoms with E-state index in [0.717, 1.165) is 18.1 Å². The van der Waals surface area contributed by atoms with Crippen LogP contribution in [0.5, 0.6) is 11.5 Å². The summed E-state index contributed by atoms with van der Waals surface area (Å²) in [5.74, 6) is -4.85. The first-order valence-electron chi connectivity index (χ1n) is 12.0. The van der Waals surface area contributed by atoms with Crippen LogP contribution in [0.25, 0.3) is 0 Å². The smallest absolute Gasteiger partial charge is 0.410 e. The molecule has 2 N–H and O–H groups in total. The van der Waals surface area contributed by atoms with Gasteiger partial charge in [-0.15, -0.1) is 5.06 Å². The maximum atomic E-state index is 14.2. The van der Waals surface area contributed by atoms with Crippen LogP contribution in [0, 0.1) is 17.6 Å². The molecule has 2 fully saturated rings. The minimum absolute atomic E-state index is 0.163. The number of hydroxylamine groups is 3. The number of rotatable bonds is 6. The minimum atomic E-state index is -1.33. The van der Waals surface area contributed by atoms with E-state index in [1.54, 1.807) is 17.2 Å². The minimum Gasteiger partial charge on any atom is -0.485 e. The Morgan fingerprint density at radius 1 is 1.00 bits per heavy atom. The lowest BCUT2D eigenvalue weighted by Gasteiger charge is -2.44. The van der Waals surface area contributed by atoms with E-state index < -0.39 is 53.4 Å². The van der Waals surface area contributed by atoms with Gasteiger partial charge < -0.3 is 19.2 Å². The highest BCUT2D eigenvalue weighted by Gasteiger charge is 2.49. The lowest BCUT2D eigenvalue weighted by atomic mass is 9.86. The van der Waals surface area contributed by atoms with E-state index in [4.69, 9.17) is 14.3 Å². The Hall–Kier alpha value is -3.97. The second-order valence-electron chi connectivity index (χ2n) is 8.84. The summed E-state index contributed by atoms with van der Waals surface area (Å²) in [5, 5.41) is 11.1. The van der Waals surface area contributed by atoms with Gasteiger partial charge in [-0.1, -0.05) is 24.3 Å². The molecule has 13 heteroatoms. The normalized spacial score (nSPS) is 21.9. The molecule has 204 valence electrons. The third kappa shape index (κ3) is 5.94. The zero-order valence-corrected chi connectivity index (χ0v) is 20.6. The Morgan fingerprint density at radius 3 is 2.37 bits per heavy atom. The molecular weight excluding hydrogens is 506 g/mol. The van der Waals surface area contributed by atoms with Crippen molar-refractivity contribution in [1.82, 2.24) is 20.3 Å². The first-order chi connectivity index (χ1) is 18.3. The number of hydrogen-bond donors (Lipinski definition) is 2. The molecule has 0 saturated carbocycles. The maximum absolute atomic E-state index is 14.2. The van der Waals surface area contributed by atoms with E-state index >= 15 is 0 Å². The summed E-state index contributed by atoms with van der Waals surface area (Å²) in [6, 6.07) is 11.2. The molecule has 2 aromatic rings. The number of para-hydroxylation sites is 1. The number of piperazine rings is 1. The number of hydrogen-bond acceptors (Lipinski definition) is 8. The van der Waals surface area contributed by atoms with Gasteiger partial charge in [-0.05, 0) is 24.3 Å². The fourth-order valence-electron chi connectivity index (χ4n) is 4.64. The summed E-state index contributed by atoms with van der Waals surface area (Å²) in [5.41, 5.74) is 1.53. The van der Waals surface area contributed by atoms with E-state index in [1.807, 2.05) is 18.2 Å². The Labute approximate surface area is 217 Å². The van der Waals surface area contributed by atoms with Crippen LogP contribution >= 0.6 is 0 Å². The summed E-state index contributed by atoms with van der Waals surface area (Å²) in [6.45, 7) is 0.990. The summed E-state index contributed by atoms with van der Waals surface area (Å²) in [6.07, 6.45) is -2.09. The molecule has 2 saturated heterocycles. The van der Waals surface area contributed by atoms with Crippen LogP contribution in [-0.4, -0.2) is 90.0 Å². The van der Waals surface area contributed by atoms with Crippen LogP contribution in [0.1, 0.15) is 6.42 Å². The number of benzene rings is 2. The standard InChI is InChI=1S/C25H28F2N4O7/c1-36-25(34)31-15-17(37-20-9-5-8-19(26)21(20)27)14-18(23(32)28-35)22(31)24(33)29-10-12-30(13-11-29)38-16-6-3-2-4-7-16/h2-9,17-18,22,35H,10-15H2,1H3,(H,28,32)/t17-,18-,22-/m0/s1. The largest absolute Gasteiger partial charge is 0.485 e. The number of halogens is 2. The van der Waals surface area contributed by atoms with Crippen molar-refractivity contribution >= 4 is 17.9 Å². The fourth-order valence-corrected chi connectivity index (χ4v) is 4.64. The quantitative estimate of drug-likeness (QED) is 0.425. The highest BCUT2D eigenvalue weighted by molar-refractivity contribution is 5.92. The van der Waals surface area contributed by atoms with Crippen molar-refractivity contribution in [2.24, 2.45) is 5.92 Å². The first-order valence-corrected chi connectivity index (χ1v) is 12.0. The van der Waals surface area contributed by atoms with Gasteiger partial charge in [-0.25, -0.2) is 14.7 Å². The monoisotopic (exact) mass is 534 g/mol. The maximum Gasteiger partial charge on any atom is 0.410 e. The summed E-state index contributed by atoms with van der Waals surface area (Å²) < 4.78 is 38.3. The van der Waals surface area contributed by atoms with Crippen molar-refractivity contribution in [1.29, 1.82) is 0 Å². The molecule has 0 aliphatic carbocycles. The van der Waals surface area contributed by atoms with Gasteiger partial charge in [0, 0.05) is 19.5 Å². The highest BCUT2D eigenvalue weighted by atomic mass is 19.2. The van der Waals surface area contributed by atoms with Gasteiger partial charge >= 0.3 is 6.09 Å². The Morgan fingerprint density at radius 2 is 1.71 bits per heavy atom. The number of methoxy groups -OCH3 is 1. The van der Waals surface area contributed by atoms with E-state index in [2.05, 4.69) is 0 Å². The van der Waals surface area contributed by atoms with Gasteiger partial charge in [0.25, 0.3) is 0 Å². The Kier molecular flexibility index (Phi) is 8.59. The second-order valence-corrected chi connectivity index (χ2v) is 8.84. The summed E-state index contributed by atoms with van der Waals surface area (Å²) in [4.78, 5) is 47.4. The summed E-state index contributed by atoms with van der Waals surface area (Å²) >= 11 is 0. The molecule has 0 unspecified atom stereocenters. The molecular formula is C25H28F2N4O7. The van der Waals surface area contributed by atoms with Crippen LogP contribution in [0.3, 0.4) is 0 Å². The highest BCUT2D eigenvalue weighted by Crippen LogP contribution is 2.31. The second kappa shape index (κ2) is 12.0. The molecule has 11 nitrogen and oxygen atoms in total. The van der Waals surface area contributed by atoms with Crippen molar-refractivity contribution < 1.29 is 42.7 Å². The number of piperidine rings is 1. The van der Waals surface area contributed by atoms with E-state index in [0.29, 0.717) is 18.8 Å². The van der Waals surface area contributed by atoms with Gasteiger partial charge in [0.2, 0.25) is 17.6 Å². The van der Waals surface area contributed by atoms with Crippen molar-refractivity contribution in [3.63, 3.8) is 0 Å². The van der Waals surface area contributed by atoms with Gasteiger partial charge in [-0.2, -0.15) is 4.39 Å². The Balaban J connectivity index is 1.51. The van der Waals surface area contributed by atoms with Crippen LogP contribution in [0.15, 0.2) is 48.5 Å². The molecule has 2 heterocycles. The van der Waals surface area contributed by atoms with Crippen molar-refractivity contribution in [3.8, 4) is 11.5 Å². The van der Waals surface area contributed by atoms with Crippen molar-refractivity contribution in [2.75, 3.05) is 39.8 Å². The molecule has 2 aliphatic rings. The number of likely N-dealkylation sites (tertiary alicyclic amines) is 1. The average molecular weight is 535 g/mol. The SMILES string of the molecule is COC(=O)N1C[C@@H](Oc2cccc(F)c2F)C[C@H](C(=O)NO)[C@H]1C(=O)N1CCN(Oc2ccccc2)CC1. The summed E-state index contributed by atoms with van der Waals surface area (Å²) in [7, 11) is 1.11. The predicted octanol–water partition coefficient (Wildman–Crippen LogP) is 1.81. The van der Waals surface area contributed by atoms with Gasteiger partial charge in [-0.3, -0.25) is 19.7 Å². The average Bonchev–Trinajstić information content (AvgIpc) is 2.94. The molecule has 0 radical (unpaired) electrons. The number of carbonyl (C=O) groups is 3. The van der Waals surface area contributed by atoms with Crippen LogP contribution < -0.4 is 15.1 Å². The van der Waals surface area contributed by atoms with E-state index in [-0.39, 0.29) is 26.1 Å². The molecule has 2 aliphatic heterocycles. The number of carbonyl (C=O) groups excluding carboxylic acids is 3. The number of nitrogens with zero attached hydrogens (tertiary/aromatic N) is 3. The molecule has 3 atom stereocenters. The molecule has 0 aromatic heterocycles. The zero-order chi connectivity index (χ0) is 27.2. The number of amides is 3. The number of ether oxygens (including phenoxy) is 2. The van der Waals surface area contributed by atoms with Crippen LogP contribution in [0.2, 0.25) is 0 Å². The third-order valence-electron chi connectivity index (χ3n) is 6.48. The van der Waals surface area contributed by atoms with Gasteiger partial charge in [0.15, 0.2) is 11.6 Å². The van der Waals surface area contributed by atoms with E-state index in [9.17, 15) is 28.4 Å². The molecule has 3 amide bonds. The van der Waals surface area contributed by atoms with Crippen LogP contribution in [-0.2, 0) is 14.3 Å². The van der Waals surface area contributed by atoms with Crippen molar-refractivity contribution in [3.05, 3.63) is 60.2 Å². The molecule has 0 spiro atoms. The lowest BCUT2D eigenvalue weighted by Crippen LogP contribution is -2.64.